The van der Waals surface area contributed by atoms with Gasteiger partial charge in [-0.05, 0) is 13.0 Å². The molecule has 3 nitrogen and oxygen atoms in total. The SMILES string of the molecule is Cc1csc(CC(NN)c2ccc(F)c(F)c2F)n1. The lowest BCUT2D eigenvalue weighted by Crippen LogP contribution is -2.30. The Balaban J connectivity index is 2.29. The van der Waals surface area contributed by atoms with Crippen molar-refractivity contribution in [3.8, 4) is 0 Å². The Hall–Kier alpha value is -1.44. The van der Waals surface area contributed by atoms with E-state index in [0.29, 0.717) is 6.42 Å². The molecule has 0 aliphatic carbocycles. The van der Waals surface area contributed by atoms with Crippen LogP contribution in [0.4, 0.5) is 13.2 Å². The Morgan fingerprint density at radius 3 is 2.63 bits per heavy atom. The van der Waals surface area contributed by atoms with Gasteiger partial charge in [0.1, 0.15) is 0 Å². The van der Waals surface area contributed by atoms with E-state index in [2.05, 4.69) is 10.4 Å². The average molecular weight is 287 g/mol. The Morgan fingerprint density at radius 1 is 1.32 bits per heavy atom. The van der Waals surface area contributed by atoms with Gasteiger partial charge in [0.2, 0.25) is 0 Å². The summed E-state index contributed by atoms with van der Waals surface area (Å²) in [6.45, 7) is 1.84. The maximum atomic E-state index is 13.7. The summed E-state index contributed by atoms with van der Waals surface area (Å²) >= 11 is 1.40. The summed E-state index contributed by atoms with van der Waals surface area (Å²) < 4.78 is 39.8. The molecule has 0 amide bonds. The highest BCUT2D eigenvalue weighted by Gasteiger charge is 2.21. The van der Waals surface area contributed by atoms with Gasteiger partial charge in [0.25, 0.3) is 0 Å². The molecule has 0 aliphatic rings. The van der Waals surface area contributed by atoms with Crippen molar-refractivity contribution in [2.24, 2.45) is 5.84 Å². The van der Waals surface area contributed by atoms with Crippen LogP contribution in [0, 0.1) is 24.4 Å². The zero-order chi connectivity index (χ0) is 14.0. The number of nitrogens with one attached hydrogen (secondary N) is 1. The predicted octanol–water partition coefficient (Wildman–Crippen LogP) is 2.62. The van der Waals surface area contributed by atoms with Crippen LogP contribution >= 0.6 is 11.3 Å². The summed E-state index contributed by atoms with van der Waals surface area (Å²) in [6.07, 6.45) is 0.303. The molecule has 102 valence electrons. The van der Waals surface area contributed by atoms with Crippen LogP contribution in [0.3, 0.4) is 0 Å². The van der Waals surface area contributed by atoms with Gasteiger partial charge in [-0.25, -0.2) is 18.2 Å². The van der Waals surface area contributed by atoms with Gasteiger partial charge in [-0.3, -0.25) is 11.3 Å². The largest absolute Gasteiger partial charge is 0.271 e. The van der Waals surface area contributed by atoms with Crippen molar-refractivity contribution >= 4 is 11.3 Å². The summed E-state index contributed by atoms with van der Waals surface area (Å²) in [5, 5.41) is 2.59. The number of thiazole rings is 1. The number of rotatable bonds is 4. The molecular formula is C12H12F3N3S. The van der Waals surface area contributed by atoms with Crippen molar-refractivity contribution in [2.75, 3.05) is 0 Å². The smallest absolute Gasteiger partial charge is 0.194 e. The van der Waals surface area contributed by atoms with E-state index in [1.54, 1.807) is 0 Å². The molecule has 19 heavy (non-hydrogen) atoms. The van der Waals surface area contributed by atoms with Crippen molar-refractivity contribution in [3.63, 3.8) is 0 Å². The number of aromatic nitrogens is 1. The molecule has 2 aromatic rings. The van der Waals surface area contributed by atoms with Gasteiger partial charge < -0.3 is 0 Å². The first-order chi connectivity index (χ1) is 9.02. The first-order valence-electron chi connectivity index (χ1n) is 5.53. The van der Waals surface area contributed by atoms with Crippen LogP contribution in [0.5, 0.6) is 0 Å². The zero-order valence-electron chi connectivity index (χ0n) is 10.1. The lowest BCUT2D eigenvalue weighted by molar-refractivity contribution is 0.424. The van der Waals surface area contributed by atoms with Crippen molar-refractivity contribution in [2.45, 2.75) is 19.4 Å². The van der Waals surface area contributed by atoms with Crippen LogP contribution in [0.25, 0.3) is 0 Å². The second-order valence-electron chi connectivity index (χ2n) is 4.07. The van der Waals surface area contributed by atoms with Crippen LogP contribution in [0.2, 0.25) is 0 Å². The molecule has 1 aromatic heterocycles. The van der Waals surface area contributed by atoms with Crippen LogP contribution in [0.15, 0.2) is 17.5 Å². The number of benzene rings is 1. The third kappa shape index (κ3) is 2.94. The summed E-state index contributed by atoms with van der Waals surface area (Å²) in [6, 6.07) is 1.39. The second kappa shape index (κ2) is 5.68. The molecule has 0 bridgehead atoms. The minimum atomic E-state index is -1.49. The normalized spacial score (nSPS) is 12.7. The monoisotopic (exact) mass is 287 g/mol. The van der Waals surface area contributed by atoms with Gasteiger partial charge >= 0.3 is 0 Å². The third-order valence-electron chi connectivity index (χ3n) is 2.69. The molecular weight excluding hydrogens is 275 g/mol. The average Bonchev–Trinajstić information content (AvgIpc) is 2.80. The Kier molecular flexibility index (Phi) is 4.18. The Labute approximate surface area is 112 Å². The van der Waals surface area contributed by atoms with Gasteiger partial charge in [-0.1, -0.05) is 6.07 Å². The van der Waals surface area contributed by atoms with E-state index < -0.39 is 23.5 Å². The molecule has 1 heterocycles. The molecule has 1 unspecified atom stereocenters. The topological polar surface area (TPSA) is 50.9 Å². The fourth-order valence-corrected chi connectivity index (χ4v) is 2.56. The van der Waals surface area contributed by atoms with Crippen LogP contribution in [-0.2, 0) is 6.42 Å². The number of halogens is 3. The van der Waals surface area contributed by atoms with Crippen LogP contribution in [0.1, 0.15) is 22.3 Å². The first kappa shape index (κ1) is 14.0. The number of hydrogen-bond acceptors (Lipinski definition) is 4. The van der Waals surface area contributed by atoms with E-state index in [0.717, 1.165) is 16.8 Å². The fourth-order valence-electron chi connectivity index (χ4n) is 1.74. The maximum absolute atomic E-state index is 13.7. The molecule has 7 heteroatoms. The quantitative estimate of drug-likeness (QED) is 0.516. The molecule has 3 N–H and O–H groups in total. The van der Waals surface area contributed by atoms with Crippen molar-refractivity contribution in [1.82, 2.24) is 10.4 Å². The summed E-state index contributed by atoms with van der Waals surface area (Å²) in [5.74, 6) is 1.42. The van der Waals surface area contributed by atoms with Crippen molar-refractivity contribution in [1.29, 1.82) is 0 Å². The molecule has 1 aromatic carbocycles. The minimum Gasteiger partial charge on any atom is -0.271 e. The first-order valence-corrected chi connectivity index (χ1v) is 6.41. The molecule has 1 atom stereocenters. The summed E-state index contributed by atoms with van der Waals surface area (Å²) in [4.78, 5) is 4.23. The van der Waals surface area contributed by atoms with E-state index in [9.17, 15) is 13.2 Å². The highest BCUT2D eigenvalue weighted by atomic mass is 32.1. The minimum absolute atomic E-state index is 0.0192. The third-order valence-corrected chi connectivity index (χ3v) is 3.68. The van der Waals surface area contributed by atoms with Crippen LogP contribution < -0.4 is 11.3 Å². The number of nitrogens with zero attached hydrogens (tertiary/aromatic N) is 1. The molecule has 0 saturated heterocycles. The molecule has 0 aliphatic heterocycles. The summed E-state index contributed by atoms with van der Waals surface area (Å²) in [5.41, 5.74) is 3.23. The maximum Gasteiger partial charge on any atom is 0.194 e. The zero-order valence-corrected chi connectivity index (χ0v) is 10.9. The van der Waals surface area contributed by atoms with E-state index >= 15 is 0 Å². The van der Waals surface area contributed by atoms with E-state index in [1.807, 2.05) is 12.3 Å². The standard InChI is InChI=1S/C12H12F3N3S/c1-6-5-19-10(17-6)4-9(18-16)7-2-3-8(13)12(15)11(7)14/h2-3,5,9,18H,4,16H2,1H3. The van der Waals surface area contributed by atoms with Crippen molar-refractivity contribution < 1.29 is 13.2 Å². The molecule has 0 saturated carbocycles. The van der Waals surface area contributed by atoms with Gasteiger partial charge in [-0.15, -0.1) is 11.3 Å². The van der Waals surface area contributed by atoms with Crippen LogP contribution in [-0.4, -0.2) is 4.98 Å². The summed E-state index contributed by atoms with van der Waals surface area (Å²) in [7, 11) is 0. The van der Waals surface area contributed by atoms with Crippen molar-refractivity contribution in [3.05, 3.63) is 51.2 Å². The Bertz CT molecular complexity index is 586. The predicted molar refractivity (Wildman–Crippen MR) is 66.9 cm³/mol. The van der Waals surface area contributed by atoms with Gasteiger partial charge in [0.15, 0.2) is 17.5 Å². The molecule has 0 spiro atoms. The lowest BCUT2D eigenvalue weighted by Gasteiger charge is -2.16. The van der Waals surface area contributed by atoms with Gasteiger partial charge in [0.05, 0.1) is 11.0 Å². The highest BCUT2D eigenvalue weighted by molar-refractivity contribution is 7.09. The highest BCUT2D eigenvalue weighted by Crippen LogP contribution is 2.25. The number of hydrazine groups is 1. The van der Waals surface area contributed by atoms with Gasteiger partial charge in [0, 0.05) is 23.1 Å². The number of hydrogen-bond donors (Lipinski definition) is 2. The molecule has 2 rings (SSSR count). The lowest BCUT2D eigenvalue weighted by atomic mass is 10.0. The number of nitrogens with two attached hydrogens (primary N) is 1. The van der Waals surface area contributed by atoms with E-state index in [1.165, 1.54) is 17.4 Å². The molecule has 0 fully saturated rings. The second-order valence-corrected chi connectivity index (χ2v) is 5.01. The Morgan fingerprint density at radius 2 is 2.05 bits per heavy atom. The number of aryl methyl sites for hydroxylation is 1. The fraction of sp³-hybridized carbons (Fsp3) is 0.250. The van der Waals surface area contributed by atoms with E-state index in [-0.39, 0.29) is 5.56 Å². The molecule has 0 radical (unpaired) electrons. The van der Waals surface area contributed by atoms with Gasteiger partial charge in [-0.2, -0.15) is 0 Å². The van der Waals surface area contributed by atoms with E-state index in [4.69, 9.17) is 5.84 Å².